The average Bonchev–Trinajstić information content (AvgIpc) is 2.74. The Kier molecular flexibility index (Phi) is 3.59. The lowest BCUT2D eigenvalue weighted by molar-refractivity contribution is 1.01. The number of anilines is 1. The molecule has 0 aliphatic heterocycles. The largest absolute Gasteiger partial charge is 0.370 e. The van der Waals surface area contributed by atoms with Crippen LogP contribution < -0.4 is 5.32 Å². The van der Waals surface area contributed by atoms with E-state index in [1.54, 1.807) is 17.5 Å². The van der Waals surface area contributed by atoms with Gasteiger partial charge in [-0.2, -0.15) is 11.3 Å². The molecule has 2 rings (SSSR count). The summed E-state index contributed by atoms with van der Waals surface area (Å²) in [5.74, 6) is 0.870. The van der Waals surface area contributed by atoms with Gasteiger partial charge in [-0.25, -0.2) is 4.98 Å². The number of halogens is 1. The summed E-state index contributed by atoms with van der Waals surface area (Å²) in [4.78, 5) is 4.16. The lowest BCUT2D eigenvalue weighted by atomic mass is 10.2. The number of pyridine rings is 1. The summed E-state index contributed by atoms with van der Waals surface area (Å²) >= 11 is 7.46. The summed E-state index contributed by atoms with van der Waals surface area (Å²) in [6.07, 6.45) is 2.67. The number of hydrogen-bond donors (Lipinski definition) is 1. The fourth-order valence-corrected chi connectivity index (χ4v) is 2.07. The molecule has 0 unspecified atom stereocenters. The Labute approximate surface area is 97.9 Å². The quantitative estimate of drug-likeness (QED) is 0.883. The molecule has 4 heteroatoms. The fraction of sp³-hybridized carbons (Fsp3) is 0.182. The van der Waals surface area contributed by atoms with Crippen molar-refractivity contribution in [2.45, 2.75) is 6.42 Å². The second-order valence-corrected chi connectivity index (χ2v) is 4.39. The molecule has 2 aromatic heterocycles. The molecular weight excluding hydrogens is 228 g/mol. The highest BCUT2D eigenvalue weighted by Gasteiger charge is 1.95. The summed E-state index contributed by atoms with van der Waals surface area (Å²) in [7, 11) is 0. The Morgan fingerprint density at radius 1 is 1.33 bits per heavy atom. The van der Waals surface area contributed by atoms with Crippen LogP contribution in [0.15, 0.2) is 35.2 Å². The lowest BCUT2D eigenvalue weighted by Crippen LogP contribution is -2.05. The molecule has 0 amide bonds. The van der Waals surface area contributed by atoms with Crippen molar-refractivity contribution in [2.75, 3.05) is 11.9 Å². The van der Waals surface area contributed by atoms with E-state index < -0.39 is 0 Å². The molecule has 2 aromatic rings. The fourth-order valence-electron chi connectivity index (χ4n) is 1.25. The van der Waals surface area contributed by atoms with Gasteiger partial charge in [-0.1, -0.05) is 11.6 Å². The third-order valence-corrected chi connectivity index (χ3v) is 2.98. The van der Waals surface area contributed by atoms with E-state index in [4.69, 9.17) is 11.6 Å². The third kappa shape index (κ3) is 3.22. The van der Waals surface area contributed by atoms with Crippen LogP contribution in [0.2, 0.25) is 5.02 Å². The molecule has 2 heterocycles. The van der Waals surface area contributed by atoms with E-state index in [1.165, 1.54) is 5.56 Å². The van der Waals surface area contributed by atoms with Crippen LogP contribution in [0.1, 0.15) is 5.56 Å². The molecule has 78 valence electrons. The Morgan fingerprint density at radius 2 is 2.27 bits per heavy atom. The van der Waals surface area contributed by atoms with E-state index in [9.17, 15) is 0 Å². The van der Waals surface area contributed by atoms with E-state index in [-0.39, 0.29) is 0 Å². The molecule has 0 aliphatic carbocycles. The number of aromatic nitrogens is 1. The van der Waals surface area contributed by atoms with Crippen molar-refractivity contribution in [2.24, 2.45) is 0 Å². The predicted octanol–water partition coefficient (Wildman–Crippen LogP) is 3.45. The Morgan fingerprint density at radius 3 is 2.93 bits per heavy atom. The van der Waals surface area contributed by atoms with Gasteiger partial charge in [-0.3, -0.25) is 0 Å². The number of rotatable bonds is 4. The SMILES string of the molecule is Clc1ccc(NCCc2ccsc2)nc1. The first kappa shape index (κ1) is 10.5. The van der Waals surface area contributed by atoms with Gasteiger partial charge in [0.15, 0.2) is 0 Å². The summed E-state index contributed by atoms with van der Waals surface area (Å²) in [5.41, 5.74) is 1.36. The number of thiophene rings is 1. The van der Waals surface area contributed by atoms with Gasteiger partial charge in [0.05, 0.1) is 5.02 Å². The maximum absolute atomic E-state index is 5.74. The van der Waals surface area contributed by atoms with Crippen LogP contribution in [0.4, 0.5) is 5.82 Å². The van der Waals surface area contributed by atoms with Crippen LogP contribution in [-0.4, -0.2) is 11.5 Å². The molecule has 0 atom stereocenters. The van der Waals surface area contributed by atoms with E-state index in [0.717, 1.165) is 18.8 Å². The Hall–Kier alpha value is -1.06. The van der Waals surface area contributed by atoms with Crippen LogP contribution in [0, 0.1) is 0 Å². The van der Waals surface area contributed by atoms with Gasteiger partial charge in [0.1, 0.15) is 5.82 Å². The number of nitrogens with zero attached hydrogens (tertiary/aromatic N) is 1. The molecule has 2 nitrogen and oxygen atoms in total. The topological polar surface area (TPSA) is 24.9 Å². The molecule has 0 saturated heterocycles. The first-order chi connectivity index (χ1) is 7.34. The molecule has 0 aliphatic rings. The molecule has 0 radical (unpaired) electrons. The maximum atomic E-state index is 5.74. The van der Waals surface area contributed by atoms with Crippen molar-refractivity contribution < 1.29 is 0 Å². The number of nitrogens with one attached hydrogen (secondary N) is 1. The minimum Gasteiger partial charge on any atom is -0.370 e. The van der Waals surface area contributed by atoms with Gasteiger partial charge in [0.25, 0.3) is 0 Å². The van der Waals surface area contributed by atoms with Gasteiger partial charge in [-0.05, 0) is 40.9 Å². The summed E-state index contributed by atoms with van der Waals surface area (Å²) in [6.45, 7) is 0.894. The minimum atomic E-state index is 0.665. The highest BCUT2D eigenvalue weighted by atomic mass is 35.5. The van der Waals surface area contributed by atoms with E-state index >= 15 is 0 Å². The van der Waals surface area contributed by atoms with Crippen molar-refractivity contribution in [3.05, 3.63) is 45.7 Å². The number of hydrogen-bond acceptors (Lipinski definition) is 3. The van der Waals surface area contributed by atoms with E-state index in [0.29, 0.717) is 5.02 Å². The monoisotopic (exact) mass is 238 g/mol. The van der Waals surface area contributed by atoms with Crippen molar-refractivity contribution in [1.82, 2.24) is 4.98 Å². The second-order valence-electron chi connectivity index (χ2n) is 3.17. The zero-order valence-electron chi connectivity index (χ0n) is 8.11. The van der Waals surface area contributed by atoms with Gasteiger partial charge in [0, 0.05) is 12.7 Å². The summed E-state index contributed by atoms with van der Waals surface area (Å²) < 4.78 is 0. The standard InChI is InChI=1S/C11H11ClN2S/c12-10-1-2-11(14-7-10)13-5-3-9-4-6-15-8-9/h1-2,4,6-8H,3,5H2,(H,13,14). The smallest absolute Gasteiger partial charge is 0.125 e. The molecule has 15 heavy (non-hydrogen) atoms. The van der Waals surface area contributed by atoms with Crippen molar-refractivity contribution >= 4 is 28.8 Å². The van der Waals surface area contributed by atoms with E-state index in [1.807, 2.05) is 12.1 Å². The van der Waals surface area contributed by atoms with E-state index in [2.05, 4.69) is 27.1 Å². The van der Waals surface area contributed by atoms with Crippen molar-refractivity contribution in [3.63, 3.8) is 0 Å². The maximum Gasteiger partial charge on any atom is 0.125 e. The van der Waals surface area contributed by atoms with Crippen LogP contribution in [-0.2, 0) is 6.42 Å². The Bertz CT molecular complexity index is 397. The first-order valence-electron chi connectivity index (χ1n) is 4.71. The second kappa shape index (κ2) is 5.14. The minimum absolute atomic E-state index is 0.665. The third-order valence-electron chi connectivity index (χ3n) is 2.03. The zero-order chi connectivity index (χ0) is 10.5. The van der Waals surface area contributed by atoms with Gasteiger partial charge >= 0.3 is 0 Å². The van der Waals surface area contributed by atoms with Crippen LogP contribution >= 0.6 is 22.9 Å². The molecule has 0 saturated carbocycles. The zero-order valence-corrected chi connectivity index (χ0v) is 9.68. The first-order valence-corrected chi connectivity index (χ1v) is 6.03. The summed E-state index contributed by atoms with van der Waals surface area (Å²) in [5, 5.41) is 8.17. The lowest BCUT2D eigenvalue weighted by Gasteiger charge is -2.03. The van der Waals surface area contributed by atoms with Crippen LogP contribution in [0.5, 0.6) is 0 Å². The van der Waals surface area contributed by atoms with Crippen molar-refractivity contribution in [3.8, 4) is 0 Å². The summed E-state index contributed by atoms with van der Waals surface area (Å²) in [6, 6.07) is 5.86. The van der Waals surface area contributed by atoms with Gasteiger partial charge < -0.3 is 5.32 Å². The normalized spacial score (nSPS) is 10.2. The molecular formula is C11H11ClN2S. The Balaban J connectivity index is 1.81. The van der Waals surface area contributed by atoms with Crippen molar-refractivity contribution in [1.29, 1.82) is 0 Å². The van der Waals surface area contributed by atoms with Crippen LogP contribution in [0.25, 0.3) is 0 Å². The van der Waals surface area contributed by atoms with Gasteiger partial charge in [0.2, 0.25) is 0 Å². The average molecular weight is 239 g/mol. The molecule has 1 N–H and O–H groups in total. The molecule has 0 bridgehead atoms. The molecule has 0 spiro atoms. The highest BCUT2D eigenvalue weighted by molar-refractivity contribution is 7.07. The predicted molar refractivity (Wildman–Crippen MR) is 65.8 cm³/mol. The van der Waals surface area contributed by atoms with Crippen LogP contribution in [0.3, 0.4) is 0 Å². The highest BCUT2D eigenvalue weighted by Crippen LogP contribution is 2.10. The molecule has 0 aromatic carbocycles. The van der Waals surface area contributed by atoms with Gasteiger partial charge in [-0.15, -0.1) is 0 Å². The molecule has 0 fully saturated rings.